The highest BCUT2D eigenvalue weighted by Gasteiger charge is 2.34. The molecule has 4 rings (SSSR count). The molecule has 3 aromatic rings. The summed E-state index contributed by atoms with van der Waals surface area (Å²) in [6, 6.07) is 3.64. The van der Waals surface area contributed by atoms with Crippen molar-refractivity contribution in [1.29, 1.82) is 0 Å². The Morgan fingerprint density at radius 1 is 1.24 bits per heavy atom. The van der Waals surface area contributed by atoms with Gasteiger partial charge in [0.15, 0.2) is 11.6 Å². The molecule has 1 aliphatic rings. The molecule has 1 N–H and O–H groups in total. The third-order valence-corrected chi connectivity index (χ3v) is 5.84. The van der Waals surface area contributed by atoms with Crippen molar-refractivity contribution in [2.24, 2.45) is 5.92 Å². The van der Waals surface area contributed by atoms with Crippen molar-refractivity contribution in [3.05, 3.63) is 29.8 Å². The van der Waals surface area contributed by atoms with Crippen LogP contribution < -0.4 is 10.2 Å². The molecular formula is C22H28F2N8O. The van der Waals surface area contributed by atoms with Crippen LogP contribution in [0.3, 0.4) is 0 Å². The Hall–Kier alpha value is -3.21. The smallest absolute Gasteiger partial charge is 0.303 e. The summed E-state index contributed by atoms with van der Waals surface area (Å²) in [7, 11) is 4.11. The minimum absolute atomic E-state index is 0.228. The lowest BCUT2D eigenvalue weighted by Crippen LogP contribution is -2.34. The number of fused-ring (bicyclic) bond motifs is 1. The number of anilines is 2. The third-order valence-electron chi connectivity index (χ3n) is 5.84. The lowest BCUT2D eigenvalue weighted by molar-refractivity contribution is -0.114. The molecule has 0 saturated carbocycles. The second kappa shape index (κ2) is 8.29. The second-order valence-corrected chi connectivity index (χ2v) is 9.00. The molecule has 0 aromatic carbocycles. The van der Waals surface area contributed by atoms with Gasteiger partial charge in [-0.2, -0.15) is 8.78 Å². The van der Waals surface area contributed by atoms with Gasteiger partial charge in [0.1, 0.15) is 5.82 Å². The number of amides is 1. The number of aromatic nitrogens is 5. The van der Waals surface area contributed by atoms with E-state index in [-0.39, 0.29) is 11.7 Å². The number of rotatable bonds is 5. The minimum atomic E-state index is -3.20. The Labute approximate surface area is 190 Å². The zero-order valence-corrected chi connectivity index (χ0v) is 19.6. The van der Waals surface area contributed by atoms with E-state index < -0.39 is 11.7 Å². The summed E-state index contributed by atoms with van der Waals surface area (Å²) in [4.78, 5) is 28.3. The Balaban J connectivity index is 1.89. The highest BCUT2D eigenvalue weighted by molar-refractivity contribution is 5.95. The van der Waals surface area contributed by atoms with Crippen LogP contribution in [0.1, 0.15) is 32.3 Å². The van der Waals surface area contributed by atoms with E-state index in [1.165, 1.54) is 11.6 Å². The number of likely N-dealkylation sites (N-methyl/N-ethyl adjacent to an activating group) is 1. The van der Waals surface area contributed by atoms with E-state index in [1.54, 1.807) is 25.3 Å². The number of halogens is 2. The monoisotopic (exact) mass is 458 g/mol. The summed E-state index contributed by atoms with van der Waals surface area (Å²) in [5, 5.41) is 8.20. The molecule has 0 unspecified atom stereocenters. The van der Waals surface area contributed by atoms with Gasteiger partial charge in [0.2, 0.25) is 11.7 Å². The van der Waals surface area contributed by atoms with Crippen LogP contribution in [-0.4, -0.2) is 68.8 Å². The summed E-state index contributed by atoms with van der Waals surface area (Å²) in [5.41, 5.74) is 1.01. The van der Waals surface area contributed by atoms with Gasteiger partial charge in [-0.1, -0.05) is 6.92 Å². The maximum atomic E-state index is 14.0. The number of hydrogen-bond donors (Lipinski definition) is 1. The predicted octanol–water partition coefficient (Wildman–Crippen LogP) is 2.98. The van der Waals surface area contributed by atoms with Crippen LogP contribution in [0.5, 0.6) is 0 Å². The average Bonchev–Trinajstić information content (AvgIpc) is 3.26. The Bertz CT molecular complexity index is 1200. The van der Waals surface area contributed by atoms with E-state index in [4.69, 9.17) is 5.10 Å². The first-order valence-corrected chi connectivity index (χ1v) is 10.8. The Morgan fingerprint density at radius 2 is 1.97 bits per heavy atom. The van der Waals surface area contributed by atoms with E-state index in [0.717, 1.165) is 25.4 Å². The second-order valence-electron chi connectivity index (χ2n) is 9.00. The van der Waals surface area contributed by atoms with Gasteiger partial charge in [-0.25, -0.2) is 19.6 Å². The summed E-state index contributed by atoms with van der Waals surface area (Å²) in [5.74, 6) is -2.34. The van der Waals surface area contributed by atoms with Gasteiger partial charge < -0.3 is 15.1 Å². The first-order chi connectivity index (χ1) is 15.4. The highest BCUT2D eigenvalue weighted by Crippen LogP contribution is 2.34. The van der Waals surface area contributed by atoms with Crippen molar-refractivity contribution in [1.82, 2.24) is 29.6 Å². The number of alkyl halides is 2. The fourth-order valence-electron chi connectivity index (χ4n) is 4.30. The molecule has 2 atom stereocenters. The molecule has 11 heteroatoms. The molecule has 4 heterocycles. The lowest BCUT2D eigenvalue weighted by atomic mass is 10.1. The van der Waals surface area contributed by atoms with Gasteiger partial charge >= 0.3 is 5.92 Å². The Kier molecular flexibility index (Phi) is 5.77. The lowest BCUT2D eigenvalue weighted by Gasteiger charge is -2.22. The van der Waals surface area contributed by atoms with Crippen LogP contribution >= 0.6 is 0 Å². The molecular weight excluding hydrogens is 430 g/mol. The summed E-state index contributed by atoms with van der Waals surface area (Å²) in [6.07, 6.45) is 1.65. The van der Waals surface area contributed by atoms with Crippen molar-refractivity contribution >= 4 is 28.4 Å². The van der Waals surface area contributed by atoms with Crippen LogP contribution in [0, 0.1) is 12.8 Å². The Morgan fingerprint density at radius 3 is 2.58 bits per heavy atom. The van der Waals surface area contributed by atoms with Crippen molar-refractivity contribution in [2.75, 3.05) is 37.4 Å². The van der Waals surface area contributed by atoms with Crippen LogP contribution in [0.4, 0.5) is 20.4 Å². The molecule has 33 heavy (non-hydrogen) atoms. The van der Waals surface area contributed by atoms with Crippen LogP contribution in [0.25, 0.3) is 16.7 Å². The maximum Gasteiger partial charge on any atom is 0.303 e. The van der Waals surface area contributed by atoms with Crippen LogP contribution in [0.15, 0.2) is 18.3 Å². The number of hydrogen-bond acceptors (Lipinski definition) is 7. The highest BCUT2D eigenvalue weighted by atomic mass is 19.3. The van der Waals surface area contributed by atoms with E-state index >= 15 is 0 Å². The van der Waals surface area contributed by atoms with Crippen LogP contribution in [0.2, 0.25) is 0 Å². The summed E-state index contributed by atoms with van der Waals surface area (Å²) in [6.45, 7) is 7.56. The molecule has 1 aliphatic heterocycles. The van der Waals surface area contributed by atoms with Gasteiger partial charge in [-0.3, -0.25) is 4.79 Å². The molecule has 0 spiro atoms. The molecule has 0 bridgehead atoms. The summed E-state index contributed by atoms with van der Waals surface area (Å²) >= 11 is 0. The molecule has 0 radical (unpaired) electrons. The molecule has 9 nitrogen and oxygen atoms in total. The van der Waals surface area contributed by atoms with E-state index in [2.05, 4.69) is 51.1 Å². The number of aryl methyl sites for hydroxylation is 1. The standard InChI is InChI=1S/C22H28F2N8O/c1-12-10-31(11-17(12)30(5)6)20-15-9-25-18(27-14(3)33)8-16(15)32(29-20)19-7-13(2)26-21(28-19)22(4,23)24/h7-9,12,17H,10-11H2,1-6H3,(H,25,27,33)/t12-,17+/m1/s1. The molecule has 3 aromatic heterocycles. The van der Waals surface area contributed by atoms with Gasteiger partial charge in [0.05, 0.1) is 10.9 Å². The van der Waals surface area contributed by atoms with Gasteiger partial charge in [-0.05, 0) is 26.9 Å². The molecule has 176 valence electrons. The summed E-state index contributed by atoms with van der Waals surface area (Å²) < 4.78 is 29.6. The fourth-order valence-corrected chi connectivity index (χ4v) is 4.30. The number of nitrogens with zero attached hydrogens (tertiary/aromatic N) is 7. The minimum Gasteiger partial charge on any atom is -0.353 e. The molecule has 1 saturated heterocycles. The largest absolute Gasteiger partial charge is 0.353 e. The first-order valence-electron chi connectivity index (χ1n) is 10.8. The molecule has 1 amide bonds. The zero-order valence-electron chi connectivity index (χ0n) is 19.6. The number of nitrogens with one attached hydrogen (secondary N) is 1. The third kappa shape index (κ3) is 4.50. The number of carbonyl (C=O) groups is 1. The number of pyridine rings is 1. The van der Waals surface area contributed by atoms with E-state index in [0.29, 0.717) is 34.8 Å². The quantitative estimate of drug-likeness (QED) is 0.628. The van der Waals surface area contributed by atoms with Crippen LogP contribution in [-0.2, 0) is 10.7 Å². The number of carbonyl (C=O) groups excluding carboxylic acids is 1. The van der Waals surface area contributed by atoms with Gasteiger partial charge in [-0.15, -0.1) is 5.10 Å². The zero-order chi connectivity index (χ0) is 24.1. The predicted molar refractivity (Wildman–Crippen MR) is 122 cm³/mol. The maximum absolute atomic E-state index is 14.0. The van der Waals surface area contributed by atoms with Gasteiger partial charge in [0, 0.05) is 57.0 Å². The van der Waals surface area contributed by atoms with E-state index in [1.807, 2.05) is 0 Å². The SMILES string of the molecule is CC(=O)Nc1cc2c(cn1)c(N1C[C@@H](C)[C@@H](N(C)C)C1)nn2-c1cc(C)nc(C(C)(F)F)n1. The van der Waals surface area contributed by atoms with Crippen molar-refractivity contribution in [2.45, 2.75) is 39.7 Å². The normalized spacial score (nSPS) is 19.0. The van der Waals surface area contributed by atoms with Crippen molar-refractivity contribution in [3.63, 3.8) is 0 Å². The fraction of sp³-hybridized carbons (Fsp3) is 0.500. The van der Waals surface area contributed by atoms with Gasteiger partial charge in [0.25, 0.3) is 0 Å². The van der Waals surface area contributed by atoms with E-state index in [9.17, 15) is 13.6 Å². The first kappa shape index (κ1) is 23.0. The molecule has 0 aliphatic carbocycles. The average molecular weight is 459 g/mol. The molecule has 1 fully saturated rings. The van der Waals surface area contributed by atoms with Crippen molar-refractivity contribution < 1.29 is 13.6 Å². The topological polar surface area (TPSA) is 92.1 Å². The van der Waals surface area contributed by atoms with Crippen molar-refractivity contribution in [3.8, 4) is 5.82 Å².